The molecule has 214 valence electrons. The van der Waals surface area contributed by atoms with Crippen molar-refractivity contribution in [2.45, 2.75) is 11.4 Å². The first-order valence-corrected chi connectivity index (χ1v) is 14.3. The van der Waals surface area contributed by atoms with Crippen LogP contribution in [-0.4, -0.2) is 63.6 Å². The number of sulfonamides is 1. The van der Waals surface area contributed by atoms with Gasteiger partial charge in [-0.05, 0) is 30.3 Å². The van der Waals surface area contributed by atoms with Gasteiger partial charge in [0.25, 0.3) is 5.56 Å². The van der Waals surface area contributed by atoms with Crippen molar-refractivity contribution in [2.75, 3.05) is 50.6 Å². The van der Waals surface area contributed by atoms with Crippen LogP contribution >= 0.6 is 0 Å². The average Bonchev–Trinajstić information content (AvgIpc) is 2.98. The molecule has 1 aromatic heterocycles. The smallest absolute Gasteiger partial charge is 0.258 e. The van der Waals surface area contributed by atoms with Crippen LogP contribution in [0, 0.1) is 5.82 Å². The van der Waals surface area contributed by atoms with E-state index in [1.165, 1.54) is 36.9 Å². The second-order valence-electron chi connectivity index (χ2n) is 9.43. The molecule has 0 radical (unpaired) electrons. The summed E-state index contributed by atoms with van der Waals surface area (Å²) in [6.45, 7) is 0.437. The quantitative estimate of drug-likeness (QED) is 0.341. The van der Waals surface area contributed by atoms with Crippen LogP contribution in [0.1, 0.15) is 0 Å². The van der Waals surface area contributed by atoms with E-state index in [2.05, 4.69) is 5.32 Å². The number of anilines is 2. The Labute approximate surface area is 236 Å². The van der Waals surface area contributed by atoms with Gasteiger partial charge in [-0.3, -0.25) is 9.59 Å². The van der Waals surface area contributed by atoms with Crippen LogP contribution in [0.2, 0.25) is 0 Å². The van der Waals surface area contributed by atoms with Crippen molar-refractivity contribution in [3.8, 4) is 11.5 Å². The molecule has 0 atom stereocenters. The molecule has 0 unspecified atom stereocenters. The van der Waals surface area contributed by atoms with Crippen molar-refractivity contribution < 1.29 is 27.1 Å². The number of ether oxygens (including phenoxy) is 2. The number of hydrogen-bond acceptors (Lipinski definition) is 7. The highest BCUT2D eigenvalue weighted by Gasteiger charge is 2.31. The molecule has 0 spiro atoms. The number of benzene rings is 3. The van der Waals surface area contributed by atoms with Gasteiger partial charge in [0.15, 0.2) is 11.5 Å². The van der Waals surface area contributed by atoms with Crippen molar-refractivity contribution in [3.63, 3.8) is 0 Å². The second-order valence-corrected chi connectivity index (χ2v) is 11.3. The zero-order valence-corrected chi connectivity index (χ0v) is 23.4. The summed E-state index contributed by atoms with van der Waals surface area (Å²) in [5.41, 5.74) is 0.345. The molecule has 1 aliphatic rings. The third kappa shape index (κ3) is 5.61. The molecule has 12 heteroatoms. The lowest BCUT2D eigenvalue weighted by atomic mass is 10.2. The molecule has 0 bridgehead atoms. The molecule has 2 heterocycles. The fourth-order valence-electron chi connectivity index (χ4n) is 4.92. The Balaban J connectivity index is 1.42. The normalized spacial score (nSPS) is 14.2. The molecular formula is C29H29FN4O6S. The van der Waals surface area contributed by atoms with Crippen molar-refractivity contribution in [1.82, 2.24) is 8.87 Å². The van der Waals surface area contributed by atoms with Gasteiger partial charge in [-0.15, -0.1) is 0 Å². The Morgan fingerprint density at radius 2 is 1.56 bits per heavy atom. The first kappa shape index (κ1) is 28.1. The van der Waals surface area contributed by atoms with Gasteiger partial charge in [0.1, 0.15) is 17.3 Å². The van der Waals surface area contributed by atoms with Crippen LogP contribution < -0.4 is 25.2 Å². The Morgan fingerprint density at radius 1 is 0.902 bits per heavy atom. The third-order valence-electron chi connectivity index (χ3n) is 6.99. The number of halogens is 1. The van der Waals surface area contributed by atoms with Crippen LogP contribution in [0.15, 0.2) is 82.6 Å². The summed E-state index contributed by atoms with van der Waals surface area (Å²) >= 11 is 0. The third-order valence-corrected chi connectivity index (χ3v) is 8.91. The van der Waals surface area contributed by atoms with Crippen LogP contribution in [-0.2, 0) is 21.4 Å². The van der Waals surface area contributed by atoms with Crippen LogP contribution in [0.5, 0.6) is 11.5 Å². The SMILES string of the molecule is COc1ccc(NC(=O)Cn2cc(S(=O)(=O)N3CCN(c4ccccc4F)CC3)c3ccccc3c2=O)cc1OC. The summed E-state index contributed by atoms with van der Waals surface area (Å²) in [4.78, 5) is 28.0. The minimum absolute atomic E-state index is 0.0778. The summed E-state index contributed by atoms with van der Waals surface area (Å²) in [5, 5.41) is 3.16. The Kier molecular flexibility index (Phi) is 7.95. The number of carbonyl (C=O) groups is 1. The van der Waals surface area contributed by atoms with Crippen molar-refractivity contribution in [2.24, 2.45) is 0 Å². The number of para-hydroxylation sites is 1. The van der Waals surface area contributed by atoms with Gasteiger partial charge in [-0.25, -0.2) is 12.8 Å². The lowest BCUT2D eigenvalue weighted by Gasteiger charge is -2.35. The van der Waals surface area contributed by atoms with E-state index in [-0.39, 0.29) is 34.6 Å². The summed E-state index contributed by atoms with van der Waals surface area (Å²) in [5.74, 6) is 0.00201. The number of nitrogens with zero attached hydrogens (tertiary/aromatic N) is 3. The van der Waals surface area contributed by atoms with E-state index in [0.717, 1.165) is 4.57 Å². The molecule has 4 aromatic rings. The monoisotopic (exact) mass is 580 g/mol. The maximum absolute atomic E-state index is 14.3. The molecule has 1 aliphatic heterocycles. The highest BCUT2D eigenvalue weighted by atomic mass is 32.2. The second kappa shape index (κ2) is 11.6. The van der Waals surface area contributed by atoms with Crippen LogP contribution in [0.4, 0.5) is 15.8 Å². The van der Waals surface area contributed by atoms with E-state index in [0.29, 0.717) is 36.0 Å². The molecular weight excluding hydrogens is 551 g/mol. The van der Waals surface area contributed by atoms with Gasteiger partial charge in [0.05, 0.1) is 19.9 Å². The molecule has 41 heavy (non-hydrogen) atoms. The number of amides is 1. The molecule has 5 rings (SSSR count). The zero-order valence-electron chi connectivity index (χ0n) is 22.5. The molecule has 1 saturated heterocycles. The first-order valence-electron chi connectivity index (χ1n) is 12.9. The fourth-order valence-corrected chi connectivity index (χ4v) is 6.56. The maximum atomic E-state index is 14.3. The minimum Gasteiger partial charge on any atom is -0.493 e. The molecule has 0 saturated carbocycles. The van der Waals surface area contributed by atoms with Crippen molar-refractivity contribution in [1.29, 1.82) is 0 Å². The number of piperazine rings is 1. The molecule has 1 amide bonds. The standard InChI is InChI=1S/C29H29FN4O6S/c1-39-25-12-11-20(17-26(25)40-2)31-28(35)19-33-18-27(21-7-3-4-8-22(21)29(33)36)41(37,38)34-15-13-32(14-16-34)24-10-6-5-9-23(24)30/h3-12,17-18H,13-16,19H2,1-2H3,(H,31,35). The average molecular weight is 581 g/mol. The van der Waals surface area contributed by atoms with E-state index in [4.69, 9.17) is 9.47 Å². The largest absolute Gasteiger partial charge is 0.493 e. The number of hydrogen-bond donors (Lipinski definition) is 1. The number of rotatable bonds is 8. The number of aromatic nitrogens is 1. The highest BCUT2D eigenvalue weighted by Crippen LogP contribution is 2.30. The number of methoxy groups -OCH3 is 2. The van der Waals surface area contributed by atoms with Crippen molar-refractivity contribution in [3.05, 3.63) is 89.1 Å². The highest BCUT2D eigenvalue weighted by molar-refractivity contribution is 7.89. The van der Waals surface area contributed by atoms with E-state index >= 15 is 0 Å². The number of pyridine rings is 1. The van der Waals surface area contributed by atoms with Gasteiger partial charge >= 0.3 is 0 Å². The zero-order chi connectivity index (χ0) is 29.1. The topological polar surface area (TPSA) is 110 Å². The Hall–Kier alpha value is -4.42. The fraction of sp³-hybridized carbons (Fsp3) is 0.241. The summed E-state index contributed by atoms with van der Waals surface area (Å²) in [6, 6.07) is 17.6. The molecule has 3 aromatic carbocycles. The number of carbonyl (C=O) groups excluding carboxylic acids is 1. The van der Waals surface area contributed by atoms with Crippen LogP contribution in [0.25, 0.3) is 10.8 Å². The lowest BCUT2D eigenvalue weighted by Crippen LogP contribution is -2.49. The van der Waals surface area contributed by atoms with Gasteiger partial charge in [0.2, 0.25) is 15.9 Å². The summed E-state index contributed by atoms with van der Waals surface area (Å²) in [7, 11) is -1.09. The number of fused-ring (bicyclic) bond motifs is 1. The van der Waals surface area contributed by atoms with Gasteiger partial charge in [-0.2, -0.15) is 4.31 Å². The minimum atomic E-state index is -4.06. The summed E-state index contributed by atoms with van der Waals surface area (Å²) in [6.07, 6.45) is 1.22. The van der Waals surface area contributed by atoms with E-state index < -0.39 is 28.0 Å². The molecule has 0 aliphatic carbocycles. The Bertz CT molecular complexity index is 1770. The predicted molar refractivity (Wildman–Crippen MR) is 154 cm³/mol. The number of nitrogens with one attached hydrogen (secondary N) is 1. The van der Waals surface area contributed by atoms with Crippen molar-refractivity contribution >= 4 is 38.1 Å². The van der Waals surface area contributed by atoms with Gasteiger partial charge in [-0.1, -0.05) is 30.3 Å². The lowest BCUT2D eigenvalue weighted by molar-refractivity contribution is -0.116. The van der Waals surface area contributed by atoms with Gasteiger partial charge < -0.3 is 24.3 Å². The van der Waals surface area contributed by atoms with Crippen LogP contribution in [0.3, 0.4) is 0 Å². The first-order chi connectivity index (χ1) is 19.7. The van der Waals surface area contributed by atoms with E-state index in [9.17, 15) is 22.4 Å². The molecule has 1 N–H and O–H groups in total. The predicted octanol–water partition coefficient (Wildman–Crippen LogP) is 3.31. The van der Waals surface area contributed by atoms with Gasteiger partial charge in [0, 0.05) is 54.9 Å². The molecule has 10 nitrogen and oxygen atoms in total. The van der Waals surface area contributed by atoms with E-state index in [1.807, 2.05) is 0 Å². The Morgan fingerprint density at radius 3 is 2.24 bits per heavy atom. The van der Waals surface area contributed by atoms with E-state index in [1.54, 1.807) is 59.5 Å². The molecule has 1 fully saturated rings. The summed E-state index contributed by atoms with van der Waals surface area (Å²) < 4.78 is 54.9. The maximum Gasteiger partial charge on any atom is 0.258 e.